The van der Waals surface area contributed by atoms with Crippen LogP contribution in [0.15, 0.2) is 18.2 Å². The van der Waals surface area contributed by atoms with Crippen molar-refractivity contribution in [1.29, 1.82) is 5.26 Å². The maximum Gasteiger partial charge on any atom is 0.234 e. The first-order valence-electron chi connectivity index (χ1n) is 13.8. The highest BCUT2D eigenvalue weighted by Crippen LogP contribution is 2.47. The number of nitrogens with zero attached hydrogens (tertiary/aromatic N) is 5. The van der Waals surface area contributed by atoms with E-state index in [2.05, 4.69) is 26.3 Å². The monoisotopic (exact) mass is 613 g/mol. The van der Waals surface area contributed by atoms with Crippen molar-refractivity contribution in [2.24, 2.45) is 0 Å². The van der Waals surface area contributed by atoms with Gasteiger partial charge < -0.3 is 20.7 Å². The number of hydrogen-bond donors (Lipinski definition) is 2. The molecule has 218 valence electrons. The molecule has 5 heterocycles. The highest BCUT2D eigenvalue weighted by atomic mass is 35.5. The van der Waals surface area contributed by atoms with Crippen LogP contribution in [0.3, 0.4) is 0 Å². The molecule has 3 aliphatic rings. The van der Waals surface area contributed by atoms with Crippen LogP contribution in [-0.2, 0) is 0 Å². The number of thiazole rings is 1. The van der Waals surface area contributed by atoms with E-state index < -0.39 is 17.8 Å². The van der Waals surface area contributed by atoms with E-state index in [0.29, 0.717) is 24.0 Å². The van der Waals surface area contributed by atoms with Crippen LogP contribution < -0.4 is 20.7 Å². The Bertz CT molecular complexity index is 1760. The molecule has 7 rings (SSSR count). The van der Waals surface area contributed by atoms with E-state index >= 15 is 4.39 Å². The first-order valence-corrected chi connectivity index (χ1v) is 15.0. The van der Waals surface area contributed by atoms with Crippen LogP contribution in [0, 0.1) is 23.0 Å². The number of rotatable bonds is 5. The zero-order valence-electron chi connectivity index (χ0n) is 22.6. The third kappa shape index (κ3) is 4.33. The minimum atomic E-state index is -0.968. The van der Waals surface area contributed by atoms with Gasteiger partial charge in [0.05, 0.1) is 20.9 Å². The minimum Gasteiger partial charge on any atom is -0.475 e. The molecule has 42 heavy (non-hydrogen) atoms. The number of benzene rings is 2. The smallest absolute Gasteiger partial charge is 0.234 e. The number of piperazine rings is 1. The molecule has 3 fully saturated rings. The molecule has 2 aromatic heterocycles. The first kappa shape index (κ1) is 27.5. The number of nitriles is 1. The molecule has 0 saturated carbocycles. The van der Waals surface area contributed by atoms with Crippen molar-refractivity contribution in [3.63, 3.8) is 0 Å². The van der Waals surface area contributed by atoms with E-state index in [-0.39, 0.29) is 73.2 Å². The van der Waals surface area contributed by atoms with Crippen LogP contribution in [0.5, 0.6) is 5.88 Å². The normalized spacial score (nSPS) is 24.1. The summed E-state index contributed by atoms with van der Waals surface area (Å²) in [6.45, 7) is 1.83. The number of halogens is 4. The standard InChI is InChI=1S/C29H27ClF3N7OS/c1-39-11-13(31)6-16(39)12-41-28-19(8-34)26(40-14-2-3-15(40)10-36-9-14)18-7-20(30)22(23(33)24(18)37-28)17-4-5-21(32)27-25(17)38-29(35)42-27/h4-5,7,13-16,36H,2-3,6,9-12H2,1H3,(H2,35,38)/t13-,14?,15?,16+/m1/s1. The van der Waals surface area contributed by atoms with Gasteiger partial charge in [-0.1, -0.05) is 22.9 Å². The van der Waals surface area contributed by atoms with E-state index in [1.165, 1.54) is 12.1 Å². The Morgan fingerprint density at radius 2 is 1.98 bits per heavy atom. The molecule has 3 saturated heterocycles. The molecular formula is C29H27ClF3N7OS. The Morgan fingerprint density at radius 1 is 1.21 bits per heavy atom. The first-order chi connectivity index (χ1) is 20.2. The van der Waals surface area contributed by atoms with Crippen molar-refractivity contribution in [3.8, 4) is 23.1 Å². The summed E-state index contributed by atoms with van der Waals surface area (Å²) in [6.07, 6.45) is 1.16. The largest absolute Gasteiger partial charge is 0.475 e. The number of nitrogens with two attached hydrogens (primary N) is 1. The fourth-order valence-electron chi connectivity index (χ4n) is 6.73. The number of pyridine rings is 1. The maximum atomic E-state index is 16.8. The quantitative estimate of drug-likeness (QED) is 0.314. The highest BCUT2D eigenvalue weighted by molar-refractivity contribution is 7.22. The summed E-state index contributed by atoms with van der Waals surface area (Å²) in [6, 6.07) is 6.53. The second-order valence-corrected chi connectivity index (χ2v) is 12.6. The van der Waals surface area contributed by atoms with Gasteiger partial charge in [-0.25, -0.2) is 23.1 Å². The zero-order valence-corrected chi connectivity index (χ0v) is 24.2. The maximum absolute atomic E-state index is 16.8. The molecular weight excluding hydrogens is 587 g/mol. The topological polar surface area (TPSA) is 103 Å². The third-order valence-electron chi connectivity index (χ3n) is 8.69. The van der Waals surface area contributed by atoms with E-state index in [0.717, 1.165) is 37.3 Å². The lowest BCUT2D eigenvalue weighted by Gasteiger charge is -2.38. The number of nitrogen functional groups attached to an aromatic ring is 1. The van der Waals surface area contributed by atoms with E-state index in [9.17, 15) is 14.0 Å². The zero-order chi connectivity index (χ0) is 29.3. The number of anilines is 2. The van der Waals surface area contributed by atoms with E-state index in [1.54, 1.807) is 6.07 Å². The molecule has 0 amide bonds. The second-order valence-electron chi connectivity index (χ2n) is 11.2. The predicted molar refractivity (Wildman–Crippen MR) is 158 cm³/mol. The Balaban J connectivity index is 1.45. The number of alkyl halides is 1. The van der Waals surface area contributed by atoms with Gasteiger partial charge >= 0.3 is 0 Å². The van der Waals surface area contributed by atoms with Crippen molar-refractivity contribution in [2.75, 3.05) is 43.9 Å². The summed E-state index contributed by atoms with van der Waals surface area (Å²) < 4.78 is 51.7. The molecule has 0 radical (unpaired) electrons. The average molecular weight is 614 g/mol. The summed E-state index contributed by atoms with van der Waals surface area (Å²) in [5.74, 6) is -1.27. The van der Waals surface area contributed by atoms with Gasteiger partial charge in [-0.05, 0) is 44.5 Å². The van der Waals surface area contributed by atoms with Crippen LogP contribution in [0.2, 0.25) is 5.02 Å². The summed E-state index contributed by atoms with van der Waals surface area (Å²) >= 11 is 7.77. The molecule has 3 aliphatic heterocycles. The Morgan fingerprint density at radius 3 is 2.67 bits per heavy atom. The third-order valence-corrected chi connectivity index (χ3v) is 9.88. The number of fused-ring (bicyclic) bond motifs is 4. The molecule has 8 nitrogen and oxygen atoms in total. The number of likely N-dealkylation sites (tertiary alicyclic amines) is 1. The molecule has 4 atom stereocenters. The lowest BCUT2D eigenvalue weighted by Crippen LogP contribution is -2.52. The van der Waals surface area contributed by atoms with Gasteiger partial charge in [0.2, 0.25) is 5.88 Å². The van der Waals surface area contributed by atoms with E-state index in [4.69, 9.17) is 22.1 Å². The van der Waals surface area contributed by atoms with Gasteiger partial charge in [0.1, 0.15) is 35.7 Å². The average Bonchev–Trinajstić information content (AvgIpc) is 3.58. The van der Waals surface area contributed by atoms with Gasteiger partial charge in [-0.15, -0.1) is 0 Å². The van der Waals surface area contributed by atoms with Crippen LogP contribution in [0.4, 0.5) is 24.0 Å². The fourth-order valence-corrected chi connectivity index (χ4v) is 7.79. The van der Waals surface area contributed by atoms with Crippen LogP contribution in [0.1, 0.15) is 24.8 Å². The fraction of sp³-hybridized carbons (Fsp3) is 0.414. The molecule has 4 aromatic rings. The van der Waals surface area contributed by atoms with Gasteiger partial charge in [-0.2, -0.15) is 5.26 Å². The summed E-state index contributed by atoms with van der Waals surface area (Å²) in [7, 11) is 1.82. The number of ether oxygens (including phenoxy) is 1. The van der Waals surface area contributed by atoms with Crippen molar-refractivity contribution >= 4 is 54.9 Å². The predicted octanol–water partition coefficient (Wildman–Crippen LogP) is 5.26. The van der Waals surface area contributed by atoms with Crippen molar-refractivity contribution in [3.05, 3.63) is 40.4 Å². The molecule has 13 heteroatoms. The second kappa shape index (κ2) is 10.4. The molecule has 2 unspecified atom stereocenters. The molecule has 0 aliphatic carbocycles. The number of hydrogen-bond acceptors (Lipinski definition) is 9. The van der Waals surface area contributed by atoms with Crippen LogP contribution >= 0.6 is 22.9 Å². The molecule has 3 N–H and O–H groups in total. The van der Waals surface area contributed by atoms with Crippen molar-refractivity contribution in [2.45, 2.75) is 43.6 Å². The summed E-state index contributed by atoms with van der Waals surface area (Å²) in [5, 5.41) is 14.5. The van der Waals surface area contributed by atoms with E-state index in [1.807, 2.05) is 11.9 Å². The summed E-state index contributed by atoms with van der Waals surface area (Å²) in [4.78, 5) is 12.9. The molecule has 2 bridgehead atoms. The number of aromatic nitrogens is 2. The summed E-state index contributed by atoms with van der Waals surface area (Å²) in [5.41, 5.74) is 7.07. The minimum absolute atomic E-state index is 0.00709. The Labute approximate surface area is 248 Å². The van der Waals surface area contributed by atoms with Gasteiger partial charge in [0.15, 0.2) is 10.9 Å². The molecule has 2 aromatic carbocycles. The number of nitrogens with one attached hydrogen (secondary N) is 1. The lowest BCUT2D eigenvalue weighted by molar-refractivity contribution is 0.193. The number of likely N-dealkylation sites (N-methyl/N-ethyl adjacent to an activating group) is 1. The van der Waals surface area contributed by atoms with Crippen LogP contribution in [-0.4, -0.2) is 72.5 Å². The Kier molecular flexibility index (Phi) is 6.81. The lowest BCUT2D eigenvalue weighted by atomic mass is 9.98. The Hall–Kier alpha value is -3.37. The van der Waals surface area contributed by atoms with Crippen LogP contribution in [0.25, 0.3) is 32.2 Å². The van der Waals surface area contributed by atoms with Gasteiger partial charge in [0.25, 0.3) is 0 Å². The SMILES string of the molecule is CN1C[C@H](F)C[C@H]1COc1nc2c(F)c(-c3ccc(F)c4sc(N)nc34)c(Cl)cc2c(N2C3CCC2CNC3)c1C#N. The van der Waals surface area contributed by atoms with Crippen molar-refractivity contribution in [1.82, 2.24) is 20.2 Å². The van der Waals surface area contributed by atoms with Gasteiger partial charge in [-0.3, -0.25) is 4.90 Å². The molecule has 0 spiro atoms. The van der Waals surface area contributed by atoms with Gasteiger partial charge in [0, 0.05) is 54.3 Å². The highest BCUT2D eigenvalue weighted by Gasteiger charge is 2.40. The van der Waals surface area contributed by atoms with Crippen molar-refractivity contribution < 1.29 is 17.9 Å².